The van der Waals surface area contributed by atoms with E-state index >= 15 is 0 Å². The van der Waals surface area contributed by atoms with E-state index in [1.807, 2.05) is 0 Å². The highest BCUT2D eigenvalue weighted by molar-refractivity contribution is 8.00. The lowest BCUT2D eigenvalue weighted by molar-refractivity contribution is 0.0317. The number of rotatable bonds is 0. The Morgan fingerprint density at radius 3 is 2.62 bits per heavy atom. The van der Waals surface area contributed by atoms with Crippen molar-refractivity contribution in [1.82, 2.24) is 4.47 Å². The molecule has 0 fully saturated rings. The fourth-order valence-corrected chi connectivity index (χ4v) is 1.26. The SMILES string of the molecule is NC1=C(Cl)CN(O)S1. The summed E-state index contributed by atoms with van der Waals surface area (Å²) in [5.41, 5.74) is 5.28. The average Bonchev–Trinajstić information content (AvgIpc) is 1.85. The first kappa shape index (κ1) is 6.22. The molecule has 0 atom stereocenters. The lowest BCUT2D eigenvalue weighted by Gasteiger charge is -1.99. The number of hydroxylamine groups is 1. The van der Waals surface area contributed by atoms with Gasteiger partial charge in [-0.15, -0.1) is 4.47 Å². The highest BCUT2D eigenvalue weighted by Crippen LogP contribution is 2.28. The van der Waals surface area contributed by atoms with Crippen LogP contribution in [0.2, 0.25) is 0 Å². The van der Waals surface area contributed by atoms with Crippen LogP contribution in [0.5, 0.6) is 0 Å². The lowest BCUT2D eigenvalue weighted by atomic mass is 10.6. The van der Waals surface area contributed by atoms with Crippen molar-refractivity contribution in [2.75, 3.05) is 6.54 Å². The molecule has 0 unspecified atom stereocenters. The summed E-state index contributed by atoms with van der Waals surface area (Å²) >= 11 is 6.53. The van der Waals surface area contributed by atoms with E-state index in [2.05, 4.69) is 0 Å². The zero-order chi connectivity index (χ0) is 6.15. The third kappa shape index (κ3) is 1.08. The maximum Gasteiger partial charge on any atom is 0.0994 e. The maximum absolute atomic E-state index is 8.66. The van der Waals surface area contributed by atoms with Gasteiger partial charge in [0.2, 0.25) is 0 Å². The van der Waals surface area contributed by atoms with Crippen molar-refractivity contribution >= 4 is 23.5 Å². The van der Waals surface area contributed by atoms with Gasteiger partial charge in [0.25, 0.3) is 0 Å². The van der Waals surface area contributed by atoms with Crippen LogP contribution in [0.1, 0.15) is 0 Å². The highest BCUT2D eigenvalue weighted by Gasteiger charge is 2.16. The molecule has 46 valence electrons. The van der Waals surface area contributed by atoms with Crippen LogP contribution in [0.4, 0.5) is 0 Å². The first-order valence-corrected chi connectivity index (χ1v) is 3.14. The van der Waals surface area contributed by atoms with Gasteiger partial charge in [-0.1, -0.05) is 11.6 Å². The Hall–Kier alpha value is 0.1000. The molecule has 3 N–H and O–H groups in total. The van der Waals surface area contributed by atoms with E-state index in [9.17, 15) is 0 Å². The molecule has 0 aromatic rings. The largest absolute Gasteiger partial charge is 0.391 e. The van der Waals surface area contributed by atoms with E-state index in [0.717, 1.165) is 16.4 Å². The molecule has 0 radical (unpaired) electrons. The van der Waals surface area contributed by atoms with Crippen molar-refractivity contribution < 1.29 is 5.21 Å². The summed E-state index contributed by atoms with van der Waals surface area (Å²) in [6.07, 6.45) is 0. The van der Waals surface area contributed by atoms with Crippen LogP contribution in [0.15, 0.2) is 10.1 Å². The smallest absolute Gasteiger partial charge is 0.0994 e. The van der Waals surface area contributed by atoms with Gasteiger partial charge >= 0.3 is 0 Å². The second-order valence-corrected chi connectivity index (χ2v) is 2.87. The van der Waals surface area contributed by atoms with Gasteiger partial charge in [0, 0.05) is 11.9 Å². The fraction of sp³-hybridized carbons (Fsp3) is 0.333. The van der Waals surface area contributed by atoms with Crippen LogP contribution in [-0.4, -0.2) is 16.2 Å². The first-order valence-electron chi connectivity index (χ1n) is 1.98. The molecule has 0 aliphatic carbocycles. The quantitative estimate of drug-likeness (QED) is 0.502. The molecule has 0 saturated carbocycles. The predicted octanol–water partition coefficient (Wildman–Crippen LogP) is 0.706. The van der Waals surface area contributed by atoms with E-state index in [4.69, 9.17) is 22.5 Å². The van der Waals surface area contributed by atoms with E-state index < -0.39 is 0 Å². The van der Waals surface area contributed by atoms with Gasteiger partial charge in [-0.25, -0.2) is 0 Å². The minimum absolute atomic E-state index is 0.331. The Labute approximate surface area is 56.2 Å². The van der Waals surface area contributed by atoms with Crippen LogP contribution in [0, 0.1) is 0 Å². The minimum atomic E-state index is 0.331. The average molecular weight is 153 g/mol. The molecule has 0 aromatic heterocycles. The van der Waals surface area contributed by atoms with Gasteiger partial charge in [-0.3, -0.25) is 0 Å². The Morgan fingerprint density at radius 2 is 2.50 bits per heavy atom. The molecule has 0 aromatic carbocycles. The van der Waals surface area contributed by atoms with Crippen molar-refractivity contribution in [3.05, 3.63) is 10.1 Å². The second kappa shape index (κ2) is 2.14. The highest BCUT2D eigenvalue weighted by atomic mass is 35.5. The molecule has 0 saturated heterocycles. The summed E-state index contributed by atoms with van der Waals surface area (Å²) in [5, 5.41) is 9.65. The molecule has 0 amide bonds. The van der Waals surface area contributed by atoms with Gasteiger partial charge in [0.1, 0.15) is 0 Å². The molecule has 1 aliphatic heterocycles. The zero-order valence-corrected chi connectivity index (χ0v) is 5.54. The van der Waals surface area contributed by atoms with E-state index in [0.29, 0.717) is 16.6 Å². The third-order valence-electron chi connectivity index (χ3n) is 0.745. The summed E-state index contributed by atoms with van der Waals surface area (Å²) in [6.45, 7) is 0.331. The van der Waals surface area contributed by atoms with Crippen molar-refractivity contribution in [3.8, 4) is 0 Å². The van der Waals surface area contributed by atoms with Crippen LogP contribution < -0.4 is 5.73 Å². The molecular weight excluding hydrogens is 148 g/mol. The van der Waals surface area contributed by atoms with E-state index in [1.165, 1.54) is 0 Å². The molecule has 5 heteroatoms. The van der Waals surface area contributed by atoms with Gasteiger partial charge in [0.15, 0.2) is 0 Å². The molecule has 1 aliphatic rings. The number of hydrogen-bond acceptors (Lipinski definition) is 4. The van der Waals surface area contributed by atoms with Crippen molar-refractivity contribution in [1.29, 1.82) is 0 Å². The summed E-state index contributed by atoms with van der Waals surface area (Å²) in [6, 6.07) is 0. The monoisotopic (exact) mass is 152 g/mol. The van der Waals surface area contributed by atoms with Crippen LogP contribution in [0.3, 0.4) is 0 Å². The van der Waals surface area contributed by atoms with Crippen LogP contribution in [-0.2, 0) is 0 Å². The number of nitrogens with two attached hydrogens (primary N) is 1. The van der Waals surface area contributed by atoms with Crippen LogP contribution in [0.25, 0.3) is 0 Å². The Morgan fingerprint density at radius 1 is 1.88 bits per heavy atom. The van der Waals surface area contributed by atoms with Crippen molar-refractivity contribution in [2.24, 2.45) is 5.73 Å². The Bertz CT molecular complexity index is 123. The number of hydrogen-bond donors (Lipinski definition) is 2. The normalized spacial score (nSPS) is 22.8. The van der Waals surface area contributed by atoms with Gasteiger partial charge in [0.05, 0.1) is 16.6 Å². The molecule has 0 bridgehead atoms. The minimum Gasteiger partial charge on any atom is -0.391 e. The predicted molar refractivity (Wildman–Crippen MR) is 33.1 cm³/mol. The summed E-state index contributed by atoms with van der Waals surface area (Å²) in [4.78, 5) is 0. The lowest BCUT2D eigenvalue weighted by Crippen LogP contribution is -2.04. The van der Waals surface area contributed by atoms with Crippen molar-refractivity contribution in [2.45, 2.75) is 0 Å². The fourth-order valence-electron chi connectivity index (χ4n) is 0.392. The summed E-state index contributed by atoms with van der Waals surface area (Å²) in [7, 11) is 0. The van der Waals surface area contributed by atoms with Crippen LogP contribution >= 0.6 is 23.5 Å². The molecule has 1 rings (SSSR count). The van der Waals surface area contributed by atoms with Gasteiger partial charge < -0.3 is 10.9 Å². The zero-order valence-electron chi connectivity index (χ0n) is 3.97. The Balaban J connectivity index is 2.60. The standard InChI is InChI=1S/C3H5ClN2OS/c4-2-1-6(7)8-3(2)5/h7H,1,5H2. The number of halogens is 1. The molecule has 0 spiro atoms. The van der Waals surface area contributed by atoms with Crippen molar-refractivity contribution in [3.63, 3.8) is 0 Å². The van der Waals surface area contributed by atoms with E-state index in [-0.39, 0.29) is 0 Å². The number of nitrogens with zero attached hydrogens (tertiary/aromatic N) is 1. The van der Waals surface area contributed by atoms with Gasteiger partial charge in [-0.05, 0) is 0 Å². The Kier molecular flexibility index (Phi) is 1.67. The van der Waals surface area contributed by atoms with Gasteiger partial charge in [-0.2, -0.15) is 0 Å². The third-order valence-corrected chi connectivity index (χ3v) is 1.96. The summed E-state index contributed by atoms with van der Waals surface area (Å²) in [5.74, 6) is 0. The molecule has 8 heavy (non-hydrogen) atoms. The summed E-state index contributed by atoms with van der Waals surface area (Å²) < 4.78 is 0.984. The molecular formula is C3H5ClN2OS. The second-order valence-electron chi connectivity index (χ2n) is 1.37. The topological polar surface area (TPSA) is 49.5 Å². The molecule has 3 nitrogen and oxygen atoms in total. The van der Waals surface area contributed by atoms with E-state index in [1.54, 1.807) is 0 Å². The molecule has 1 heterocycles. The maximum atomic E-state index is 8.66. The first-order chi connectivity index (χ1) is 3.70.